The van der Waals surface area contributed by atoms with E-state index in [0.717, 1.165) is 21.8 Å². The van der Waals surface area contributed by atoms with Crippen molar-refractivity contribution < 1.29 is 0 Å². The highest BCUT2D eigenvalue weighted by Gasteiger charge is 2.17. The normalized spacial score (nSPS) is 12.3. The van der Waals surface area contributed by atoms with Gasteiger partial charge in [-0.05, 0) is 26.0 Å². The first-order valence-electron chi connectivity index (χ1n) is 7.53. The van der Waals surface area contributed by atoms with Crippen LogP contribution in [0.5, 0.6) is 0 Å². The molecule has 1 unspecified atom stereocenters. The largest absolute Gasteiger partial charge is 0.368 e. The number of thioether (sulfide) groups is 1. The van der Waals surface area contributed by atoms with E-state index < -0.39 is 0 Å². The van der Waals surface area contributed by atoms with Crippen molar-refractivity contribution in [1.29, 1.82) is 0 Å². The van der Waals surface area contributed by atoms with Crippen molar-refractivity contribution in [1.82, 2.24) is 24.9 Å². The van der Waals surface area contributed by atoms with Crippen molar-refractivity contribution >= 4 is 34.7 Å². The van der Waals surface area contributed by atoms with Gasteiger partial charge in [-0.1, -0.05) is 23.9 Å². The SMILES string of the molecule is Cc1nc2ccccc2nc1SC(C)c1nc(N)nc(N(C)C)n1. The fourth-order valence-corrected chi connectivity index (χ4v) is 3.10. The number of hydrogen-bond acceptors (Lipinski definition) is 8. The molecule has 3 rings (SSSR count). The molecule has 1 aromatic carbocycles. The van der Waals surface area contributed by atoms with Crippen LogP contribution in [-0.2, 0) is 0 Å². The average molecular weight is 341 g/mol. The van der Waals surface area contributed by atoms with Gasteiger partial charge >= 0.3 is 0 Å². The van der Waals surface area contributed by atoms with Gasteiger partial charge in [0, 0.05) is 14.1 Å². The molecule has 7 nitrogen and oxygen atoms in total. The summed E-state index contributed by atoms with van der Waals surface area (Å²) in [5, 5.41) is 0.842. The summed E-state index contributed by atoms with van der Waals surface area (Å²) in [7, 11) is 3.74. The molecule has 0 radical (unpaired) electrons. The lowest BCUT2D eigenvalue weighted by Gasteiger charge is -2.15. The van der Waals surface area contributed by atoms with Crippen LogP contribution in [0.3, 0.4) is 0 Å². The summed E-state index contributed by atoms with van der Waals surface area (Å²) in [6, 6.07) is 7.84. The molecule has 0 amide bonds. The maximum Gasteiger partial charge on any atom is 0.229 e. The minimum atomic E-state index is -0.0248. The third-order valence-corrected chi connectivity index (χ3v) is 4.59. The van der Waals surface area contributed by atoms with Crippen LogP contribution >= 0.6 is 11.8 Å². The molecule has 2 heterocycles. The molecule has 3 aromatic rings. The highest BCUT2D eigenvalue weighted by molar-refractivity contribution is 7.99. The van der Waals surface area contributed by atoms with Gasteiger partial charge in [-0.2, -0.15) is 15.0 Å². The van der Waals surface area contributed by atoms with E-state index in [1.165, 1.54) is 0 Å². The molecule has 0 fully saturated rings. The highest BCUT2D eigenvalue weighted by atomic mass is 32.2. The predicted octanol–water partition coefficient (Wildman–Crippen LogP) is 2.62. The minimum Gasteiger partial charge on any atom is -0.368 e. The molecule has 124 valence electrons. The quantitative estimate of drug-likeness (QED) is 0.724. The third kappa shape index (κ3) is 3.38. The topological polar surface area (TPSA) is 93.7 Å². The molecule has 0 aliphatic heterocycles. The van der Waals surface area contributed by atoms with Crippen LogP contribution < -0.4 is 10.6 Å². The first-order valence-corrected chi connectivity index (χ1v) is 8.41. The number of benzene rings is 1. The number of hydrogen-bond donors (Lipinski definition) is 1. The smallest absolute Gasteiger partial charge is 0.229 e. The third-order valence-electron chi connectivity index (χ3n) is 3.41. The molecular formula is C16H19N7S. The van der Waals surface area contributed by atoms with Crippen molar-refractivity contribution in [2.45, 2.75) is 24.1 Å². The summed E-state index contributed by atoms with van der Waals surface area (Å²) in [6.45, 7) is 3.98. The van der Waals surface area contributed by atoms with E-state index in [2.05, 4.69) is 19.9 Å². The Labute approximate surface area is 144 Å². The first-order chi connectivity index (χ1) is 11.4. The number of anilines is 2. The average Bonchev–Trinajstić information content (AvgIpc) is 2.54. The minimum absolute atomic E-state index is 0.0248. The van der Waals surface area contributed by atoms with Crippen molar-refractivity contribution in [2.75, 3.05) is 24.7 Å². The fraction of sp³-hybridized carbons (Fsp3) is 0.312. The zero-order valence-electron chi connectivity index (χ0n) is 14.1. The van der Waals surface area contributed by atoms with E-state index in [9.17, 15) is 0 Å². The summed E-state index contributed by atoms with van der Waals surface area (Å²) in [5.41, 5.74) is 8.47. The second-order valence-corrected chi connectivity index (χ2v) is 6.94. The lowest BCUT2D eigenvalue weighted by molar-refractivity contribution is 0.862. The number of fused-ring (bicyclic) bond motifs is 1. The summed E-state index contributed by atoms with van der Waals surface area (Å²) >= 11 is 1.57. The number of para-hydroxylation sites is 2. The zero-order chi connectivity index (χ0) is 17.3. The lowest BCUT2D eigenvalue weighted by Crippen LogP contribution is -2.16. The Morgan fingerprint density at radius 3 is 2.33 bits per heavy atom. The Morgan fingerprint density at radius 1 is 1.00 bits per heavy atom. The Kier molecular flexibility index (Phi) is 4.48. The molecule has 8 heteroatoms. The van der Waals surface area contributed by atoms with E-state index in [4.69, 9.17) is 10.7 Å². The summed E-state index contributed by atoms with van der Waals surface area (Å²) in [4.78, 5) is 24.0. The van der Waals surface area contributed by atoms with Gasteiger partial charge in [0.05, 0.1) is 22.0 Å². The maximum absolute atomic E-state index is 5.81. The Bertz CT molecular complexity index is 881. The second-order valence-electron chi connectivity index (χ2n) is 5.61. The van der Waals surface area contributed by atoms with Crippen molar-refractivity contribution in [3.8, 4) is 0 Å². The van der Waals surface area contributed by atoms with E-state index in [1.54, 1.807) is 16.7 Å². The zero-order valence-corrected chi connectivity index (χ0v) is 14.9. The number of rotatable bonds is 4. The van der Waals surface area contributed by atoms with E-state index >= 15 is 0 Å². The fourth-order valence-electron chi connectivity index (χ4n) is 2.18. The van der Waals surface area contributed by atoms with Gasteiger partial charge in [0.15, 0.2) is 0 Å². The molecule has 0 aliphatic rings. The number of aromatic nitrogens is 5. The Hall–Kier alpha value is -2.48. The van der Waals surface area contributed by atoms with Gasteiger partial charge in [0.1, 0.15) is 10.9 Å². The first kappa shape index (κ1) is 16.4. The van der Waals surface area contributed by atoms with E-state index in [-0.39, 0.29) is 11.2 Å². The molecule has 0 spiro atoms. The van der Waals surface area contributed by atoms with Gasteiger partial charge in [-0.3, -0.25) is 0 Å². The standard InChI is InChI=1S/C16H19N7S/c1-9-14(19-12-8-6-5-7-11(12)18-9)24-10(2)13-20-15(17)22-16(21-13)23(3)4/h5-8,10H,1-4H3,(H2,17,20,21,22). The van der Waals surface area contributed by atoms with Gasteiger partial charge in [0.2, 0.25) is 11.9 Å². The van der Waals surface area contributed by atoms with Crippen LogP contribution in [0, 0.1) is 6.92 Å². The molecule has 2 aromatic heterocycles. The van der Waals surface area contributed by atoms with Gasteiger partial charge in [-0.15, -0.1) is 0 Å². The predicted molar refractivity (Wildman–Crippen MR) is 97.1 cm³/mol. The molecule has 0 aliphatic carbocycles. The molecule has 24 heavy (non-hydrogen) atoms. The van der Waals surface area contributed by atoms with Crippen LogP contribution in [0.1, 0.15) is 23.7 Å². The van der Waals surface area contributed by atoms with Gasteiger partial charge in [0.25, 0.3) is 0 Å². The Balaban J connectivity index is 1.92. The van der Waals surface area contributed by atoms with E-state index in [1.807, 2.05) is 52.2 Å². The number of nitrogens with two attached hydrogens (primary N) is 1. The Morgan fingerprint density at radius 2 is 1.67 bits per heavy atom. The molecule has 0 bridgehead atoms. The van der Waals surface area contributed by atoms with Crippen LogP contribution in [0.25, 0.3) is 11.0 Å². The van der Waals surface area contributed by atoms with Crippen LogP contribution in [0.4, 0.5) is 11.9 Å². The van der Waals surface area contributed by atoms with Gasteiger partial charge < -0.3 is 10.6 Å². The van der Waals surface area contributed by atoms with Crippen molar-refractivity contribution in [3.05, 3.63) is 35.8 Å². The van der Waals surface area contributed by atoms with Crippen LogP contribution in [0.15, 0.2) is 29.3 Å². The van der Waals surface area contributed by atoms with Crippen molar-refractivity contribution in [2.24, 2.45) is 0 Å². The van der Waals surface area contributed by atoms with Crippen molar-refractivity contribution in [3.63, 3.8) is 0 Å². The maximum atomic E-state index is 5.81. The lowest BCUT2D eigenvalue weighted by atomic mass is 10.3. The van der Waals surface area contributed by atoms with E-state index in [0.29, 0.717) is 11.8 Å². The van der Waals surface area contributed by atoms with Crippen LogP contribution in [-0.4, -0.2) is 39.0 Å². The summed E-state index contributed by atoms with van der Waals surface area (Å²) in [6.07, 6.45) is 0. The number of nitrogens with zero attached hydrogens (tertiary/aromatic N) is 6. The second kappa shape index (κ2) is 6.56. The molecule has 2 N–H and O–H groups in total. The monoisotopic (exact) mass is 341 g/mol. The number of aryl methyl sites for hydroxylation is 1. The molecule has 0 saturated carbocycles. The molecular weight excluding hydrogens is 322 g/mol. The summed E-state index contributed by atoms with van der Waals surface area (Å²) in [5.74, 6) is 1.40. The van der Waals surface area contributed by atoms with Crippen LogP contribution in [0.2, 0.25) is 0 Å². The summed E-state index contributed by atoms with van der Waals surface area (Å²) < 4.78 is 0. The molecule has 1 atom stereocenters. The van der Waals surface area contributed by atoms with Gasteiger partial charge in [-0.25, -0.2) is 9.97 Å². The number of nitrogen functional groups attached to an aromatic ring is 1. The highest BCUT2D eigenvalue weighted by Crippen LogP contribution is 2.34. The molecule has 0 saturated heterocycles.